The molecule has 0 heterocycles. The molecule has 6 heteroatoms. The summed E-state index contributed by atoms with van der Waals surface area (Å²) in [5.74, 6) is 0.102. The van der Waals surface area contributed by atoms with Crippen LogP contribution in [0.15, 0.2) is 48.5 Å². The molecule has 0 aliphatic heterocycles. The summed E-state index contributed by atoms with van der Waals surface area (Å²) < 4.78 is 5.57. The summed E-state index contributed by atoms with van der Waals surface area (Å²) in [5.41, 5.74) is 1.60. The molecule has 3 aromatic rings. The first kappa shape index (κ1) is 26.5. The Labute approximate surface area is 208 Å². The van der Waals surface area contributed by atoms with Crippen LogP contribution in [0.1, 0.15) is 57.6 Å². The van der Waals surface area contributed by atoms with Gasteiger partial charge in [0.25, 0.3) is 0 Å². The van der Waals surface area contributed by atoms with Crippen LogP contribution >= 0.6 is 0 Å². The number of nitrogens with zero attached hydrogens (tertiary/aromatic N) is 2. The third kappa shape index (κ3) is 6.73. The van der Waals surface area contributed by atoms with E-state index in [0.29, 0.717) is 19.5 Å². The number of fused-ring (bicyclic) bond motifs is 2. The minimum Gasteiger partial charge on any atom is -0.444 e. The summed E-state index contributed by atoms with van der Waals surface area (Å²) in [4.78, 5) is 28.9. The molecule has 0 fully saturated rings. The van der Waals surface area contributed by atoms with Gasteiger partial charge in [-0.15, -0.1) is 0 Å². The van der Waals surface area contributed by atoms with E-state index in [2.05, 4.69) is 24.3 Å². The van der Waals surface area contributed by atoms with E-state index in [0.717, 1.165) is 51.9 Å². The van der Waals surface area contributed by atoms with Crippen molar-refractivity contribution in [2.75, 3.05) is 20.7 Å². The van der Waals surface area contributed by atoms with Gasteiger partial charge in [0.1, 0.15) is 5.60 Å². The van der Waals surface area contributed by atoms with Crippen molar-refractivity contribution in [2.24, 2.45) is 0 Å². The molecule has 1 N–H and O–H groups in total. The van der Waals surface area contributed by atoms with Gasteiger partial charge in [-0.05, 0) is 66.3 Å². The molecule has 0 saturated carbocycles. The number of ether oxygens (including phenoxy) is 1. The Hall–Kier alpha value is -3.12. The first-order valence-corrected chi connectivity index (χ1v) is 12.3. The van der Waals surface area contributed by atoms with E-state index in [1.807, 2.05) is 52.1 Å². The van der Waals surface area contributed by atoms with Crippen molar-refractivity contribution in [3.8, 4) is 0 Å². The fraction of sp³-hybridized carbons (Fsp3) is 0.448. The van der Waals surface area contributed by atoms with Crippen molar-refractivity contribution < 1.29 is 19.4 Å². The SMILES string of the molecule is CN(Cc1c2ccccc2c(CN(C)C(=O)OC(C)(C)C)c2ccccc12)C(=O)CCCCCO. The lowest BCUT2D eigenvalue weighted by molar-refractivity contribution is -0.130. The standard InChI is InChI=1S/C29H38N2O4/c1-29(2,3)35-28(34)31(5)20-26-23-15-10-8-13-21(23)25(22-14-9-11-16-24(22)26)19-30(4)27(33)17-7-6-12-18-32/h8-11,13-16,32H,6-7,12,17-20H2,1-5H3. The minimum atomic E-state index is -0.561. The van der Waals surface area contributed by atoms with E-state index in [1.54, 1.807) is 16.8 Å². The van der Waals surface area contributed by atoms with Gasteiger partial charge in [-0.3, -0.25) is 4.79 Å². The zero-order valence-electron chi connectivity index (χ0n) is 21.6. The molecule has 0 unspecified atom stereocenters. The first-order chi connectivity index (χ1) is 16.6. The van der Waals surface area contributed by atoms with E-state index in [-0.39, 0.29) is 18.6 Å². The molecule has 0 spiro atoms. The van der Waals surface area contributed by atoms with Crippen LogP contribution in [-0.2, 0) is 22.6 Å². The van der Waals surface area contributed by atoms with Gasteiger partial charge in [-0.1, -0.05) is 55.0 Å². The third-order valence-corrected chi connectivity index (χ3v) is 6.12. The van der Waals surface area contributed by atoms with Crippen molar-refractivity contribution in [3.05, 3.63) is 59.7 Å². The molecule has 3 aromatic carbocycles. The average molecular weight is 479 g/mol. The lowest BCUT2D eigenvalue weighted by Crippen LogP contribution is -2.34. The predicted molar refractivity (Wildman–Crippen MR) is 141 cm³/mol. The summed E-state index contributed by atoms with van der Waals surface area (Å²) >= 11 is 0. The second-order valence-electron chi connectivity index (χ2n) is 10.2. The maximum atomic E-state index is 12.8. The van der Waals surface area contributed by atoms with Crippen molar-refractivity contribution in [1.82, 2.24) is 9.80 Å². The van der Waals surface area contributed by atoms with Crippen LogP contribution in [0.2, 0.25) is 0 Å². The summed E-state index contributed by atoms with van der Waals surface area (Å²) in [6.07, 6.45) is 2.47. The van der Waals surface area contributed by atoms with Crippen LogP contribution in [-0.4, -0.2) is 53.2 Å². The molecule has 35 heavy (non-hydrogen) atoms. The highest BCUT2D eigenvalue weighted by atomic mass is 16.6. The Morgan fingerprint density at radius 1 is 0.771 bits per heavy atom. The molecule has 188 valence electrons. The molecule has 0 aliphatic rings. The van der Waals surface area contributed by atoms with Gasteiger partial charge in [0.15, 0.2) is 0 Å². The highest BCUT2D eigenvalue weighted by molar-refractivity contribution is 6.06. The van der Waals surface area contributed by atoms with Crippen LogP contribution in [0.3, 0.4) is 0 Å². The Kier molecular flexibility index (Phi) is 8.73. The number of carbonyl (C=O) groups excluding carboxylic acids is 2. The number of rotatable bonds is 9. The number of benzene rings is 3. The van der Waals surface area contributed by atoms with Gasteiger partial charge in [0, 0.05) is 40.2 Å². The monoisotopic (exact) mass is 478 g/mol. The van der Waals surface area contributed by atoms with E-state index < -0.39 is 5.60 Å². The zero-order valence-corrected chi connectivity index (χ0v) is 21.6. The Morgan fingerprint density at radius 3 is 1.66 bits per heavy atom. The Balaban J connectivity index is 1.98. The first-order valence-electron chi connectivity index (χ1n) is 12.3. The van der Waals surface area contributed by atoms with Crippen molar-refractivity contribution in [2.45, 2.75) is 65.1 Å². The van der Waals surface area contributed by atoms with E-state index in [1.165, 1.54) is 0 Å². The number of aliphatic hydroxyl groups is 1. The normalized spacial score (nSPS) is 11.6. The van der Waals surface area contributed by atoms with Gasteiger partial charge < -0.3 is 19.6 Å². The van der Waals surface area contributed by atoms with E-state index in [9.17, 15) is 9.59 Å². The largest absolute Gasteiger partial charge is 0.444 e. The Morgan fingerprint density at radius 2 is 1.23 bits per heavy atom. The predicted octanol–water partition coefficient (Wildman–Crippen LogP) is 5.87. The number of carbonyl (C=O) groups is 2. The third-order valence-electron chi connectivity index (χ3n) is 6.12. The quantitative estimate of drug-likeness (QED) is 0.308. The van der Waals surface area contributed by atoms with Gasteiger partial charge in [-0.2, -0.15) is 0 Å². The van der Waals surface area contributed by atoms with Crippen LogP contribution in [0, 0.1) is 0 Å². The van der Waals surface area contributed by atoms with Crippen molar-refractivity contribution in [3.63, 3.8) is 0 Å². The smallest absolute Gasteiger partial charge is 0.410 e. The molecule has 6 nitrogen and oxygen atoms in total. The fourth-order valence-corrected chi connectivity index (χ4v) is 4.37. The van der Waals surface area contributed by atoms with Crippen molar-refractivity contribution >= 4 is 33.5 Å². The number of amides is 2. The van der Waals surface area contributed by atoms with Crippen LogP contribution in [0.25, 0.3) is 21.5 Å². The maximum Gasteiger partial charge on any atom is 0.410 e. The molecule has 0 radical (unpaired) electrons. The summed E-state index contributed by atoms with van der Waals surface area (Å²) in [5, 5.41) is 13.3. The lowest BCUT2D eigenvalue weighted by atomic mass is 9.91. The van der Waals surface area contributed by atoms with E-state index in [4.69, 9.17) is 9.84 Å². The van der Waals surface area contributed by atoms with Crippen molar-refractivity contribution in [1.29, 1.82) is 0 Å². The van der Waals surface area contributed by atoms with Crippen LogP contribution in [0.5, 0.6) is 0 Å². The van der Waals surface area contributed by atoms with Gasteiger partial charge in [0.05, 0.1) is 0 Å². The molecule has 3 rings (SSSR count). The summed E-state index contributed by atoms with van der Waals surface area (Å²) in [6.45, 7) is 6.67. The summed E-state index contributed by atoms with van der Waals surface area (Å²) in [6, 6.07) is 16.4. The highest BCUT2D eigenvalue weighted by Crippen LogP contribution is 2.34. The van der Waals surface area contributed by atoms with Gasteiger partial charge in [0.2, 0.25) is 5.91 Å². The number of hydrogen-bond donors (Lipinski definition) is 1. The molecule has 0 aromatic heterocycles. The number of hydrogen-bond acceptors (Lipinski definition) is 4. The summed E-state index contributed by atoms with van der Waals surface area (Å²) in [7, 11) is 3.61. The average Bonchev–Trinajstić information content (AvgIpc) is 2.82. The Bertz CT molecular complexity index is 1130. The number of aliphatic hydroxyl groups excluding tert-OH is 1. The molecule has 2 amide bonds. The minimum absolute atomic E-state index is 0.102. The highest BCUT2D eigenvalue weighted by Gasteiger charge is 2.22. The lowest BCUT2D eigenvalue weighted by Gasteiger charge is -2.26. The second kappa shape index (κ2) is 11.5. The van der Waals surface area contributed by atoms with Crippen LogP contribution in [0.4, 0.5) is 4.79 Å². The zero-order chi connectivity index (χ0) is 25.6. The van der Waals surface area contributed by atoms with E-state index >= 15 is 0 Å². The molecule has 0 bridgehead atoms. The second-order valence-corrected chi connectivity index (χ2v) is 10.2. The van der Waals surface area contributed by atoms with Gasteiger partial charge >= 0.3 is 6.09 Å². The fourth-order valence-electron chi connectivity index (χ4n) is 4.37. The number of unbranched alkanes of at least 4 members (excludes halogenated alkanes) is 2. The molecule has 0 aliphatic carbocycles. The van der Waals surface area contributed by atoms with Crippen LogP contribution < -0.4 is 0 Å². The maximum absolute atomic E-state index is 12.8. The molecular weight excluding hydrogens is 440 g/mol. The molecule has 0 saturated heterocycles. The molecular formula is C29H38N2O4. The topological polar surface area (TPSA) is 70.1 Å². The molecule has 0 atom stereocenters. The van der Waals surface area contributed by atoms with Gasteiger partial charge in [-0.25, -0.2) is 4.79 Å².